The predicted molar refractivity (Wildman–Crippen MR) is 57.7 cm³/mol. The number of aromatic amines is 1. The highest BCUT2D eigenvalue weighted by atomic mass is 79.9. The molecule has 0 amide bonds. The Morgan fingerprint density at radius 1 is 1.46 bits per heavy atom. The zero-order chi connectivity index (χ0) is 10.1. The lowest BCUT2D eigenvalue weighted by Crippen LogP contribution is -2.13. The first kappa shape index (κ1) is 10.7. The highest BCUT2D eigenvalue weighted by molar-refractivity contribution is 9.10. The molecular formula is C9H16BrN3. The summed E-state index contributed by atoms with van der Waals surface area (Å²) in [6, 6.07) is 0. The summed E-state index contributed by atoms with van der Waals surface area (Å²) in [6.07, 6.45) is 0.837. The SMILES string of the molecule is CC(C)(C)c1nc(Br)c(CCN)[nH]1. The number of hydrogen-bond acceptors (Lipinski definition) is 2. The van der Waals surface area contributed by atoms with E-state index in [1.165, 1.54) is 0 Å². The van der Waals surface area contributed by atoms with Crippen LogP contribution < -0.4 is 5.73 Å². The molecule has 0 radical (unpaired) electrons. The molecule has 1 aromatic rings. The predicted octanol–water partition coefficient (Wildman–Crippen LogP) is 1.97. The van der Waals surface area contributed by atoms with Gasteiger partial charge in [-0.3, -0.25) is 0 Å². The van der Waals surface area contributed by atoms with Gasteiger partial charge in [-0.2, -0.15) is 0 Å². The first-order valence-corrected chi connectivity index (χ1v) is 5.19. The Morgan fingerprint density at radius 3 is 2.46 bits per heavy atom. The number of nitrogens with one attached hydrogen (secondary N) is 1. The van der Waals surface area contributed by atoms with Crippen molar-refractivity contribution in [1.82, 2.24) is 9.97 Å². The summed E-state index contributed by atoms with van der Waals surface area (Å²) < 4.78 is 0.892. The molecule has 0 atom stereocenters. The Balaban J connectivity index is 2.95. The average Bonchev–Trinajstić information content (AvgIpc) is 2.32. The average molecular weight is 246 g/mol. The molecule has 0 bridgehead atoms. The molecule has 1 aromatic heterocycles. The van der Waals surface area contributed by atoms with Crippen molar-refractivity contribution in [2.24, 2.45) is 5.73 Å². The van der Waals surface area contributed by atoms with Gasteiger partial charge in [0.15, 0.2) is 0 Å². The lowest BCUT2D eigenvalue weighted by Gasteiger charge is -2.13. The molecule has 0 saturated heterocycles. The second-order valence-corrected chi connectivity index (χ2v) is 4.89. The minimum Gasteiger partial charge on any atom is -0.344 e. The van der Waals surface area contributed by atoms with Gasteiger partial charge in [-0.25, -0.2) is 4.98 Å². The van der Waals surface area contributed by atoms with E-state index in [-0.39, 0.29) is 5.41 Å². The number of hydrogen-bond donors (Lipinski definition) is 2. The fourth-order valence-electron chi connectivity index (χ4n) is 1.05. The minimum absolute atomic E-state index is 0.0648. The molecule has 1 heterocycles. The highest BCUT2D eigenvalue weighted by Crippen LogP contribution is 2.23. The molecule has 1 rings (SSSR count). The number of nitrogens with two attached hydrogens (primary N) is 1. The van der Waals surface area contributed by atoms with Gasteiger partial charge in [0.05, 0.1) is 5.69 Å². The maximum absolute atomic E-state index is 5.48. The van der Waals surface area contributed by atoms with Gasteiger partial charge in [-0.15, -0.1) is 0 Å². The van der Waals surface area contributed by atoms with Crippen molar-refractivity contribution in [1.29, 1.82) is 0 Å². The van der Waals surface area contributed by atoms with Gasteiger partial charge >= 0.3 is 0 Å². The second kappa shape index (κ2) is 3.80. The van der Waals surface area contributed by atoms with Gasteiger partial charge in [-0.1, -0.05) is 20.8 Å². The standard InChI is InChI=1S/C9H16BrN3/c1-9(2,3)8-12-6(4-5-11)7(10)13-8/h4-5,11H2,1-3H3,(H,12,13). The van der Waals surface area contributed by atoms with Crippen molar-refractivity contribution < 1.29 is 0 Å². The van der Waals surface area contributed by atoms with Crippen molar-refractivity contribution in [3.63, 3.8) is 0 Å². The van der Waals surface area contributed by atoms with Gasteiger partial charge in [0.1, 0.15) is 10.4 Å². The van der Waals surface area contributed by atoms with Crippen molar-refractivity contribution >= 4 is 15.9 Å². The molecule has 0 aliphatic heterocycles. The van der Waals surface area contributed by atoms with Crippen LogP contribution in [0.5, 0.6) is 0 Å². The van der Waals surface area contributed by atoms with Crippen molar-refractivity contribution in [2.75, 3.05) is 6.54 Å². The Hall–Kier alpha value is -0.350. The molecular weight excluding hydrogens is 230 g/mol. The van der Waals surface area contributed by atoms with Gasteiger partial charge < -0.3 is 10.7 Å². The number of aromatic nitrogens is 2. The third kappa shape index (κ3) is 2.54. The van der Waals surface area contributed by atoms with Crippen LogP contribution in [0, 0.1) is 0 Å². The van der Waals surface area contributed by atoms with E-state index < -0.39 is 0 Å². The van der Waals surface area contributed by atoms with Crippen LogP contribution in [0.15, 0.2) is 4.60 Å². The van der Waals surface area contributed by atoms with Crippen LogP contribution in [0.3, 0.4) is 0 Å². The lowest BCUT2D eigenvalue weighted by atomic mass is 9.96. The summed E-state index contributed by atoms with van der Waals surface area (Å²) in [6.45, 7) is 7.03. The molecule has 13 heavy (non-hydrogen) atoms. The summed E-state index contributed by atoms with van der Waals surface area (Å²) in [4.78, 5) is 7.69. The number of H-pyrrole nitrogens is 1. The van der Waals surface area contributed by atoms with Crippen molar-refractivity contribution in [3.8, 4) is 0 Å². The Labute approximate surface area is 87.3 Å². The fraction of sp³-hybridized carbons (Fsp3) is 0.667. The lowest BCUT2D eigenvalue weighted by molar-refractivity contribution is 0.550. The summed E-state index contributed by atoms with van der Waals surface area (Å²) >= 11 is 3.41. The van der Waals surface area contributed by atoms with Crippen molar-refractivity contribution in [2.45, 2.75) is 32.6 Å². The highest BCUT2D eigenvalue weighted by Gasteiger charge is 2.19. The van der Waals surface area contributed by atoms with Gasteiger partial charge in [0.2, 0.25) is 0 Å². The first-order chi connectivity index (χ1) is 5.95. The Kier molecular flexibility index (Phi) is 3.14. The third-order valence-corrected chi connectivity index (χ3v) is 2.49. The quantitative estimate of drug-likeness (QED) is 0.838. The molecule has 0 aromatic carbocycles. The van der Waals surface area contributed by atoms with E-state index in [1.807, 2.05) is 0 Å². The van der Waals surface area contributed by atoms with Gasteiger partial charge in [0, 0.05) is 11.8 Å². The summed E-state index contributed by atoms with van der Waals surface area (Å²) in [7, 11) is 0. The van der Waals surface area contributed by atoms with E-state index >= 15 is 0 Å². The summed E-state index contributed by atoms with van der Waals surface area (Å²) in [5, 5.41) is 0. The topological polar surface area (TPSA) is 54.7 Å². The summed E-state index contributed by atoms with van der Waals surface area (Å²) in [5.74, 6) is 1.00. The molecule has 0 saturated carbocycles. The normalized spacial score (nSPS) is 12.1. The zero-order valence-corrected chi connectivity index (χ0v) is 9.90. The Morgan fingerprint density at radius 2 is 2.08 bits per heavy atom. The van der Waals surface area contributed by atoms with Gasteiger partial charge in [0.25, 0.3) is 0 Å². The zero-order valence-electron chi connectivity index (χ0n) is 8.32. The van der Waals surface area contributed by atoms with Gasteiger partial charge in [-0.05, 0) is 22.5 Å². The Bertz CT molecular complexity index is 286. The van der Waals surface area contributed by atoms with Crippen LogP contribution >= 0.6 is 15.9 Å². The maximum Gasteiger partial charge on any atom is 0.127 e. The largest absolute Gasteiger partial charge is 0.344 e. The minimum atomic E-state index is 0.0648. The number of nitrogens with zero attached hydrogens (tertiary/aromatic N) is 1. The molecule has 0 spiro atoms. The van der Waals surface area contributed by atoms with Crippen LogP contribution in [0.2, 0.25) is 0 Å². The van der Waals surface area contributed by atoms with E-state index in [2.05, 4.69) is 46.7 Å². The maximum atomic E-state index is 5.48. The molecule has 3 N–H and O–H groups in total. The molecule has 0 aliphatic carbocycles. The monoisotopic (exact) mass is 245 g/mol. The molecule has 3 nitrogen and oxygen atoms in total. The molecule has 4 heteroatoms. The van der Waals surface area contributed by atoms with E-state index in [0.717, 1.165) is 22.5 Å². The van der Waals surface area contributed by atoms with Crippen LogP contribution in [-0.2, 0) is 11.8 Å². The first-order valence-electron chi connectivity index (χ1n) is 4.40. The van der Waals surface area contributed by atoms with E-state index in [1.54, 1.807) is 0 Å². The van der Waals surface area contributed by atoms with Crippen LogP contribution in [-0.4, -0.2) is 16.5 Å². The molecule has 0 unspecified atom stereocenters. The van der Waals surface area contributed by atoms with Crippen LogP contribution in [0.25, 0.3) is 0 Å². The van der Waals surface area contributed by atoms with E-state index in [4.69, 9.17) is 5.73 Å². The molecule has 74 valence electrons. The van der Waals surface area contributed by atoms with Crippen LogP contribution in [0.1, 0.15) is 32.3 Å². The summed E-state index contributed by atoms with van der Waals surface area (Å²) in [5.41, 5.74) is 6.63. The fourth-order valence-corrected chi connectivity index (χ4v) is 1.53. The molecule has 0 aliphatic rings. The van der Waals surface area contributed by atoms with E-state index in [0.29, 0.717) is 6.54 Å². The number of halogens is 1. The van der Waals surface area contributed by atoms with E-state index in [9.17, 15) is 0 Å². The number of imidazole rings is 1. The van der Waals surface area contributed by atoms with Crippen molar-refractivity contribution in [3.05, 3.63) is 16.1 Å². The molecule has 0 fully saturated rings. The third-order valence-electron chi connectivity index (χ3n) is 1.83. The smallest absolute Gasteiger partial charge is 0.127 e. The second-order valence-electron chi connectivity index (χ2n) is 4.14. The number of rotatable bonds is 2. The van der Waals surface area contributed by atoms with Crippen LogP contribution in [0.4, 0.5) is 0 Å².